The Morgan fingerprint density at radius 2 is 1.90 bits per heavy atom. The molecule has 0 aromatic heterocycles. The van der Waals surface area contributed by atoms with E-state index in [0.717, 1.165) is 36.8 Å². The maximum atomic E-state index is 12.1. The third-order valence-electron chi connectivity index (χ3n) is 4.22. The van der Waals surface area contributed by atoms with E-state index < -0.39 is 16.1 Å². The second-order valence-corrected chi connectivity index (χ2v) is 7.86. The summed E-state index contributed by atoms with van der Waals surface area (Å²) < 4.78 is 26.7. The van der Waals surface area contributed by atoms with Crippen molar-refractivity contribution in [2.75, 3.05) is 12.3 Å². The van der Waals surface area contributed by atoms with Crippen molar-refractivity contribution in [3.63, 3.8) is 0 Å². The molecule has 0 heterocycles. The standard InChI is InChI=1S/C16H25NO3S/c1-13-7-5-6-10-15(13)16(18)11-17-21(19,20)12-14-8-3-2-4-9-14/h5-7,10,14,16-18H,2-4,8-9,11-12H2,1H3. The summed E-state index contributed by atoms with van der Waals surface area (Å²) >= 11 is 0. The summed E-state index contributed by atoms with van der Waals surface area (Å²) in [4.78, 5) is 0. The SMILES string of the molecule is Cc1ccccc1C(O)CNS(=O)(=O)CC1CCCCC1. The monoisotopic (exact) mass is 311 g/mol. The Morgan fingerprint density at radius 1 is 1.24 bits per heavy atom. The number of aliphatic hydroxyl groups is 1. The Morgan fingerprint density at radius 3 is 2.57 bits per heavy atom. The highest BCUT2D eigenvalue weighted by atomic mass is 32.2. The maximum absolute atomic E-state index is 12.1. The molecule has 0 spiro atoms. The van der Waals surface area contributed by atoms with Crippen molar-refractivity contribution in [3.05, 3.63) is 35.4 Å². The van der Waals surface area contributed by atoms with Crippen LogP contribution < -0.4 is 4.72 Å². The molecule has 4 nitrogen and oxygen atoms in total. The third kappa shape index (κ3) is 5.09. The number of aryl methyl sites for hydroxylation is 1. The Balaban J connectivity index is 1.87. The van der Waals surface area contributed by atoms with Crippen molar-refractivity contribution in [1.29, 1.82) is 0 Å². The van der Waals surface area contributed by atoms with Crippen LogP contribution in [0.15, 0.2) is 24.3 Å². The van der Waals surface area contributed by atoms with Crippen LogP contribution in [0, 0.1) is 12.8 Å². The molecule has 5 heteroatoms. The first-order valence-electron chi connectivity index (χ1n) is 7.69. The number of nitrogens with one attached hydrogen (secondary N) is 1. The molecule has 1 saturated carbocycles. The van der Waals surface area contributed by atoms with Gasteiger partial charge >= 0.3 is 0 Å². The molecule has 1 aromatic rings. The van der Waals surface area contributed by atoms with Crippen LogP contribution in [0.3, 0.4) is 0 Å². The lowest BCUT2D eigenvalue weighted by Gasteiger charge is -2.22. The molecule has 0 bridgehead atoms. The molecule has 21 heavy (non-hydrogen) atoms. The van der Waals surface area contributed by atoms with Crippen molar-refractivity contribution in [2.45, 2.75) is 45.1 Å². The van der Waals surface area contributed by atoms with Gasteiger partial charge in [0.1, 0.15) is 0 Å². The molecule has 0 amide bonds. The topological polar surface area (TPSA) is 66.4 Å². The van der Waals surface area contributed by atoms with Gasteiger partial charge in [0.05, 0.1) is 11.9 Å². The Bertz CT molecular complexity index is 550. The second kappa shape index (κ2) is 7.38. The molecular formula is C16H25NO3S. The van der Waals surface area contributed by atoms with Gasteiger partial charge in [-0.1, -0.05) is 43.5 Å². The minimum atomic E-state index is -3.31. The zero-order valence-corrected chi connectivity index (χ0v) is 13.4. The fourth-order valence-electron chi connectivity index (χ4n) is 3.00. The zero-order chi connectivity index (χ0) is 15.3. The van der Waals surface area contributed by atoms with Gasteiger partial charge in [-0.2, -0.15) is 0 Å². The quantitative estimate of drug-likeness (QED) is 0.848. The first-order valence-corrected chi connectivity index (χ1v) is 9.34. The predicted octanol–water partition coefficient (Wildman–Crippen LogP) is 2.53. The van der Waals surface area contributed by atoms with E-state index >= 15 is 0 Å². The van der Waals surface area contributed by atoms with E-state index in [2.05, 4.69) is 4.72 Å². The molecule has 0 radical (unpaired) electrons. The average molecular weight is 311 g/mol. The Labute approximate surface area is 127 Å². The van der Waals surface area contributed by atoms with Crippen LogP contribution in [0.1, 0.15) is 49.3 Å². The maximum Gasteiger partial charge on any atom is 0.211 e. The normalized spacial score (nSPS) is 18.6. The van der Waals surface area contributed by atoms with E-state index in [1.165, 1.54) is 6.42 Å². The molecule has 0 aliphatic heterocycles. The summed E-state index contributed by atoms with van der Waals surface area (Å²) in [5.41, 5.74) is 1.74. The molecule has 1 aliphatic rings. The van der Waals surface area contributed by atoms with Crippen molar-refractivity contribution in [1.82, 2.24) is 4.72 Å². The van der Waals surface area contributed by atoms with E-state index in [1.54, 1.807) is 0 Å². The summed E-state index contributed by atoms with van der Waals surface area (Å²) in [6.45, 7) is 1.95. The molecule has 118 valence electrons. The van der Waals surface area contributed by atoms with Crippen LogP contribution in [-0.4, -0.2) is 25.8 Å². The zero-order valence-electron chi connectivity index (χ0n) is 12.6. The van der Waals surface area contributed by atoms with Crippen molar-refractivity contribution in [3.8, 4) is 0 Å². The van der Waals surface area contributed by atoms with E-state index in [-0.39, 0.29) is 18.2 Å². The Kier molecular flexibility index (Phi) is 5.79. The number of hydrogen-bond acceptors (Lipinski definition) is 3. The van der Waals surface area contributed by atoms with Crippen LogP contribution >= 0.6 is 0 Å². The molecule has 0 saturated heterocycles. The number of hydrogen-bond donors (Lipinski definition) is 2. The predicted molar refractivity (Wildman–Crippen MR) is 84.5 cm³/mol. The number of aliphatic hydroxyl groups excluding tert-OH is 1. The van der Waals surface area contributed by atoms with E-state index in [1.807, 2.05) is 31.2 Å². The molecule has 1 unspecified atom stereocenters. The Hall–Kier alpha value is -0.910. The third-order valence-corrected chi connectivity index (χ3v) is 5.74. The first-order chi connectivity index (χ1) is 9.98. The number of rotatable bonds is 6. The van der Waals surface area contributed by atoms with Crippen molar-refractivity contribution >= 4 is 10.0 Å². The molecule has 1 atom stereocenters. The van der Waals surface area contributed by atoms with Gasteiger partial charge < -0.3 is 5.11 Å². The van der Waals surface area contributed by atoms with Gasteiger partial charge in [0, 0.05) is 6.54 Å². The smallest absolute Gasteiger partial charge is 0.211 e. The molecule has 1 aliphatic carbocycles. The summed E-state index contributed by atoms with van der Waals surface area (Å²) in [6.07, 6.45) is 4.68. The van der Waals surface area contributed by atoms with Gasteiger partial charge in [-0.25, -0.2) is 13.1 Å². The van der Waals surface area contributed by atoms with Gasteiger partial charge in [-0.3, -0.25) is 0 Å². The lowest BCUT2D eigenvalue weighted by atomic mass is 9.91. The summed E-state index contributed by atoms with van der Waals surface area (Å²) in [7, 11) is -3.31. The number of sulfonamides is 1. The summed E-state index contributed by atoms with van der Waals surface area (Å²) in [5, 5.41) is 10.1. The fraction of sp³-hybridized carbons (Fsp3) is 0.625. The number of benzene rings is 1. The lowest BCUT2D eigenvalue weighted by Crippen LogP contribution is -2.33. The molecule has 1 aromatic carbocycles. The second-order valence-electron chi connectivity index (χ2n) is 6.01. The molecular weight excluding hydrogens is 286 g/mol. The fourth-order valence-corrected chi connectivity index (χ4v) is 4.48. The summed E-state index contributed by atoms with van der Waals surface area (Å²) in [6, 6.07) is 7.49. The first kappa shape index (κ1) is 16.5. The average Bonchev–Trinajstić information content (AvgIpc) is 2.46. The molecule has 2 rings (SSSR count). The van der Waals surface area contributed by atoms with Crippen molar-refractivity contribution in [2.24, 2.45) is 5.92 Å². The highest BCUT2D eigenvalue weighted by Crippen LogP contribution is 2.24. The largest absolute Gasteiger partial charge is 0.387 e. The van der Waals surface area contributed by atoms with Crippen LogP contribution in [0.4, 0.5) is 0 Å². The minimum absolute atomic E-state index is 0.0416. The van der Waals surface area contributed by atoms with Gasteiger partial charge in [0.15, 0.2) is 0 Å². The van der Waals surface area contributed by atoms with E-state index in [4.69, 9.17) is 0 Å². The van der Waals surface area contributed by atoms with Crippen molar-refractivity contribution < 1.29 is 13.5 Å². The molecule has 1 fully saturated rings. The van der Waals surface area contributed by atoms with E-state index in [0.29, 0.717) is 0 Å². The summed E-state index contributed by atoms with van der Waals surface area (Å²) in [5.74, 6) is 0.458. The van der Waals surface area contributed by atoms with Gasteiger partial charge in [0.2, 0.25) is 10.0 Å². The van der Waals surface area contributed by atoms with Crippen LogP contribution in [0.2, 0.25) is 0 Å². The highest BCUT2D eigenvalue weighted by molar-refractivity contribution is 7.89. The van der Waals surface area contributed by atoms with Crippen LogP contribution in [-0.2, 0) is 10.0 Å². The van der Waals surface area contributed by atoms with Gasteiger partial charge in [0.25, 0.3) is 0 Å². The van der Waals surface area contributed by atoms with Crippen LogP contribution in [0.5, 0.6) is 0 Å². The lowest BCUT2D eigenvalue weighted by molar-refractivity contribution is 0.181. The minimum Gasteiger partial charge on any atom is -0.387 e. The van der Waals surface area contributed by atoms with Gasteiger partial charge in [-0.05, 0) is 36.8 Å². The van der Waals surface area contributed by atoms with Gasteiger partial charge in [-0.15, -0.1) is 0 Å². The van der Waals surface area contributed by atoms with Crippen LogP contribution in [0.25, 0.3) is 0 Å². The molecule has 2 N–H and O–H groups in total. The van der Waals surface area contributed by atoms with E-state index in [9.17, 15) is 13.5 Å². The highest BCUT2D eigenvalue weighted by Gasteiger charge is 2.22.